The monoisotopic (exact) mass is 270 g/mol. The zero-order valence-electron chi connectivity index (χ0n) is 11.0. The van der Waals surface area contributed by atoms with Gasteiger partial charge in [0.2, 0.25) is 0 Å². The molecule has 0 unspecified atom stereocenters. The van der Waals surface area contributed by atoms with E-state index in [2.05, 4.69) is 0 Å². The van der Waals surface area contributed by atoms with Gasteiger partial charge in [0.15, 0.2) is 11.5 Å². The fourth-order valence-electron chi connectivity index (χ4n) is 1.37. The molecular weight excluding hydrogens is 252 g/mol. The van der Waals surface area contributed by atoms with Gasteiger partial charge in [0.25, 0.3) is 0 Å². The summed E-state index contributed by atoms with van der Waals surface area (Å²) >= 11 is 0. The third-order valence-electron chi connectivity index (χ3n) is 2.33. The predicted molar refractivity (Wildman–Crippen MR) is 68.1 cm³/mol. The zero-order chi connectivity index (χ0) is 14.1. The van der Waals surface area contributed by atoms with Crippen molar-refractivity contribution < 1.29 is 28.8 Å². The van der Waals surface area contributed by atoms with Crippen LogP contribution in [0.4, 0.5) is 0 Å². The van der Waals surface area contributed by atoms with Gasteiger partial charge in [-0.3, -0.25) is 0 Å². The number of hydrogen-bond acceptors (Lipinski definition) is 5. The molecule has 1 rings (SSSR count). The second-order valence-electron chi connectivity index (χ2n) is 3.62. The Labute approximate surface area is 111 Å². The molecule has 1 aromatic carbocycles. The Morgan fingerprint density at radius 1 is 1.11 bits per heavy atom. The van der Waals surface area contributed by atoms with Crippen molar-refractivity contribution >= 4 is 5.97 Å². The maximum atomic E-state index is 10.8. The van der Waals surface area contributed by atoms with E-state index in [9.17, 15) is 4.79 Å². The summed E-state index contributed by atoms with van der Waals surface area (Å²) in [7, 11) is 3.07. The number of benzene rings is 1. The van der Waals surface area contributed by atoms with E-state index in [1.165, 1.54) is 19.2 Å². The third kappa shape index (κ3) is 5.15. The maximum absolute atomic E-state index is 10.8. The Kier molecular flexibility index (Phi) is 6.70. The molecule has 0 aliphatic rings. The molecule has 0 aromatic heterocycles. The largest absolute Gasteiger partial charge is 0.493 e. The van der Waals surface area contributed by atoms with Crippen LogP contribution in [0.3, 0.4) is 0 Å². The summed E-state index contributed by atoms with van der Waals surface area (Å²) in [4.78, 5) is 10.8. The van der Waals surface area contributed by atoms with Gasteiger partial charge in [0.05, 0.1) is 32.5 Å². The molecule has 1 N–H and O–H groups in total. The number of carboxylic acid groups (broad SMARTS) is 1. The molecule has 6 nitrogen and oxygen atoms in total. The van der Waals surface area contributed by atoms with Crippen LogP contribution in [-0.4, -0.2) is 51.7 Å². The van der Waals surface area contributed by atoms with Crippen LogP contribution in [0.1, 0.15) is 10.4 Å². The molecular formula is C13H18O6. The molecule has 0 heterocycles. The minimum Gasteiger partial charge on any atom is -0.493 e. The molecule has 0 saturated heterocycles. The Bertz CT molecular complexity index is 404. The maximum Gasteiger partial charge on any atom is 0.335 e. The van der Waals surface area contributed by atoms with Crippen molar-refractivity contribution in [2.75, 3.05) is 40.6 Å². The molecule has 0 atom stereocenters. The Balaban J connectivity index is 2.47. The number of ether oxygens (including phenoxy) is 4. The lowest BCUT2D eigenvalue weighted by Crippen LogP contribution is -2.10. The molecule has 106 valence electrons. The van der Waals surface area contributed by atoms with E-state index < -0.39 is 5.97 Å². The van der Waals surface area contributed by atoms with Crippen LogP contribution in [0.15, 0.2) is 18.2 Å². The lowest BCUT2D eigenvalue weighted by atomic mass is 10.2. The van der Waals surface area contributed by atoms with Crippen LogP contribution in [-0.2, 0) is 9.47 Å². The summed E-state index contributed by atoms with van der Waals surface area (Å²) in [6, 6.07) is 4.45. The summed E-state index contributed by atoms with van der Waals surface area (Å²) in [5.74, 6) is -0.132. The summed E-state index contributed by atoms with van der Waals surface area (Å²) in [5.41, 5.74) is 0.153. The second kappa shape index (κ2) is 8.34. The summed E-state index contributed by atoms with van der Waals surface area (Å²) in [6.45, 7) is 1.82. The van der Waals surface area contributed by atoms with Crippen LogP contribution in [0.5, 0.6) is 11.5 Å². The second-order valence-corrected chi connectivity index (χ2v) is 3.62. The first-order valence-electron chi connectivity index (χ1n) is 5.80. The number of aromatic carboxylic acids is 1. The van der Waals surface area contributed by atoms with Crippen molar-refractivity contribution in [3.63, 3.8) is 0 Å². The van der Waals surface area contributed by atoms with E-state index in [0.717, 1.165) is 0 Å². The van der Waals surface area contributed by atoms with Gasteiger partial charge in [-0.2, -0.15) is 0 Å². The topological polar surface area (TPSA) is 74.2 Å². The van der Waals surface area contributed by atoms with Crippen molar-refractivity contribution in [2.24, 2.45) is 0 Å². The Hall–Kier alpha value is -1.79. The molecule has 1 aromatic rings. The molecule has 19 heavy (non-hydrogen) atoms. The fraction of sp³-hybridized carbons (Fsp3) is 0.462. The van der Waals surface area contributed by atoms with Gasteiger partial charge in [0, 0.05) is 7.11 Å². The third-order valence-corrected chi connectivity index (χ3v) is 2.33. The van der Waals surface area contributed by atoms with Gasteiger partial charge in [0.1, 0.15) is 6.61 Å². The molecule has 0 aliphatic heterocycles. The lowest BCUT2D eigenvalue weighted by Gasteiger charge is -2.11. The summed E-state index contributed by atoms with van der Waals surface area (Å²) < 4.78 is 20.6. The normalized spacial score (nSPS) is 10.2. The van der Waals surface area contributed by atoms with E-state index in [-0.39, 0.29) is 5.56 Å². The van der Waals surface area contributed by atoms with E-state index >= 15 is 0 Å². The van der Waals surface area contributed by atoms with E-state index in [1.54, 1.807) is 13.2 Å². The van der Waals surface area contributed by atoms with Crippen molar-refractivity contribution in [3.05, 3.63) is 23.8 Å². The van der Waals surface area contributed by atoms with Crippen LogP contribution < -0.4 is 9.47 Å². The van der Waals surface area contributed by atoms with Gasteiger partial charge in [-0.25, -0.2) is 4.79 Å². The van der Waals surface area contributed by atoms with Crippen LogP contribution in [0, 0.1) is 0 Å². The minimum absolute atomic E-state index is 0.153. The van der Waals surface area contributed by atoms with Gasteiger partial charge in [-0.05, 0) is 18.2 Å². The van der Waals surface area contributed by atoms with Crippen molar-refractivity contribution in [1.29, 1.82) is 0 Å². The van der Waals surface area contributed by atoms with Crippen LogP contribution >= 0.6 is 0 Å². The summed E-state index contributed by atoms with van der Waals surface area (Å²) in [5, 5.41) is 8.86. The van der Waals surface area contributed by atoms with Gasteiger partial charge in [-0.15, -0.1) is 0 Å². The smallest absolute Gasteiger partial charge is 0.335 e. The molecule has 0 saturated carbocycles. The SMILES string of the molecule is COCCOCCOc1ccc(C(=O)O)cc1OC. The number of carbonyl (C=O) groups is 1. The highest BCUT2D eigenvalue weighted by Crippen LogP contribution is 2.27. The first-order valence-corrected chi connectivity index (χ1v) is 5.80. The number of rotatable bonds is 9. The van der Waals surface area contributed by atoms with Gasteiger partial charge >= 0.3 is 5.97 Å². The van der Waals surface area contributed by atoms with E-state index in [4.69, 9.17) is 24.1 Å². The van der Waals surface area contributed by atoms with Crippen molar-refractivity contribution in [3.8, 4) is 11.5 Å². The highest BCUT2D eigenvalue weighted by atomic mass is 16.5. The highest BCUT2D eigenvalue weighted by Gasteiger charge is 2.09. The molecule has 0 bridgehead atoms. The Morgan fingerprint density at radius 3 is 2.47 bits per heavy atom. The predicted octanol–water partition coefficient (Wildman–Crippen LogP) is 1.44. The quantitative estimate of drug-likeness (QED) is 0.684. The molecule has 0 fully saturated rings. The molecule has 0 amide bonds. The zero-order valence-corrected chi connectivity index (χ0v) is 11.0. The highest BCUT2D eigenvalue weighted by molar-refractivity contribution is 5.88. The first-order chi connectivity index (χ1) is 9.19. The van der Waals surface area contributed by atoms with Crippen molar-refractivity contribution in [1.82, 2.24) is 0 Å². The molecule has 0 spiro atoms. The lowest BCUT2D eigenvalue weighted by molar-refractivity contribution is 0.0539. The number of methoxy groups -OCH3 is 2. The van der Waals surface area contributed by atoms with Crippen LogP contribution in [0.25, 0.3) is 0 Å². The van der Waals surface area contributed by atoms with E-state index in [1.807, 2.05) is 0 Å². The molecule has 0 aliphatic carbocycles. The average molecular weight is 270 g/mol. The Morgan fingerprint density at radius 2 is 1.84 bits per heavy atom. The summed E-state index contributed by atoms with van der Waals surface area (Å²) in [6.07, 6.45) is 0. The number of carboxylic acids is 1. The van der Waals surface area contributed by atoms with Gasteiger partial charge in [-0.1, -0.05) is 0 Å². The number of hydrogen-bond donors (Lipinski definition) is 1. The van der Waals surface area contributed by atoms with Crippen molar-refractivity contribution in [2.45, 2.75) is 0 Å². The molecule has 6 heteroatoms. The average Bonchev–Trinajstić information content (AvgIpc) is 2.42. The molecule has 0 radical (unpaired) electrons. The first kappa shape index (κ1) is 15.3. The standard InChI is InChI=1S/C13H18O6/c1-16-5-6-18-7-8-19-11-4-3-10(13(14)15)9-12(11)17-2/h3-4,9H,5-8H2,1-2H3,(H,14,15). The minimum atomic E-state index is -1.01. The van der Waals surface area contributed by atoms with E-state index in [0.29, 0.717) is 37.9 Å². The van der Waals surface area contributed by atoms with Crippen LogP contribution in [0.2, 0.25) is 0 Å². The fourth-order valence-corrected chi connectivity index (χ4v) is 1.37. The van der Waals surface area contributed by atoms with Gasteiger partial charge < -0.3 is 24.1 Å².